The minimum atomic E-state index is -4.91. The predicted octanol–water partition coefficient (Wildman–Crippen LogP) is 3.86. The van der Waals surface area contributed by atoms with Gasteiger partial charge in [0.1, 0.15) is 0 Å². The third-order valence-corrected chi connectivity index (χ3v) is 4.60. The Morgan fingerprint density at radius 1 is 1.08 bits per heavy atom. The third kappa shape index (κ3) is 3.98. The Balaban J connectivity index is 2.43. The van der Waals surface area contributed by atoms with Crippen molar-refractivity contribution in [1.82, 2.24) is 0 Å². The van der Waals surface area contributed by atoms with Crippen LogP contribution in [0.5, 0.6) is 0 Å². The minimum Gasteiger partial charge on any atom is -0.478 e. The first kappa shape index (κ1) is 18.1. The maximum atomic E-state index is 13.0. The molecule has 0 aliphatic carbocycles. The van der Waals surface area contributed by atoms with Gasteiger partial charge in [-0.05, 0) is 42.5 Å². The lowest BCUT2D eigenvalue weighted by molar-refractivity contribution is -0.139. The van der Waals surface area contributed by atoms with Crippen LogP contribution in [0.25, 0.3) is 0 Å². The van der Waals surface area contributed by atoms with Gasteiger partial charge in [0.05, 0.1) is 16.0 Å². The maximum absolute atomic E-state index is 13.0. The van der Waals surface area contributed by atoms with Crippen LogP contribution < -0.4 is 4.72 Å². The highest BCUT2D eigenvalue weighted by atomic mass is 35.5. The Bertz CT molecular complexity index is 880. The van der Waals surface area contributed by atoms with E-state index in [4.69, 9.17) is 16.7 Å². The summed E-state index contributed by atoms with van der Waals surface area (Å²) in [6.45, 7) is 0. The number of halogens is 4. The van der Waals surface area contributed by atoms with Crippen molar-refractivity contribution in [2.45, 2.75) is 11.1 Å². The molecule has 0 fully saturated rings. The zero-order valence-electron chi connectivity index (χ0n) is 11.6. The Hall–Kier alpha value is -2.26. The van der Waals surface area contributed by atoms with E-state index >= 15 is 0 Å². The van der Waals surface area contributed by atoms with Gasteiger partial charge in [-0.25, -0.2) is 13.2 Å². The summed E-state index contributed by atoms with van der Waals surface area (Å²) in [5.41, 5.74) is -1.58. The van der Waals surface area contributed by atoms with Gasteiger partial charge in [-0.15, -0.1) is 0 Å². The van der Waals surface area contributed by atoms with Gasteiger partial charge in [-0.3, -0.25) is 4.72 Å². The topological polar surface area (TPSA) is 83.5 Å². The van der Waals surface area contributed by atoms with Gasteiger partial charge < -0.3 is 5.11 Å². The van der Waals surface area contributed by atoms with Crippen molar-refractivity contribution in [3.05, 3.63) is 58.6 Å². The average molecular weight is 380 g/mol. The van der Waals surface area contributed by atoms with Crippen molar-refractivity contribution in [3.63, 3.8) is 0 Å². The van der Waals surface area contributed by atoms with E-state index < -0.39 is 32.6 Å². The molecular formula is C14H9ClF3NO4S. The van der Waals surface area contributed by atoms with E-state index in [0.29, 0.717) is 6.07 Å². The van der Waals surface area contributed by atoms with Gasteiger partial charge in [0.2, 0.25) is 0 Å². The Kier molecular flexibility index (Phi) is 4.77. The zero-order chi connectivity index (χ0) is 18.1. The number of nitrogens with one attached hydrogen (secondary N) is 1. The fourth-order valence-corrected chi connectivity index (χ4v) is 3.29. The second-order valence-electron chi connectivity index (χ2n) is 4.63. The molecule has 0 unspecified atom stereocenters. The van der Waals surface area contributed by atoms with Gasteiger partial charge in [0.15, 0.2) is 0 Å². The van der Waals surface area contributed by atoms with Crippen molar-refractivity contribution in [2.24, 2.45) is 0 Å². The summed E-state index contributed by atoms with van der Waals surface area (Å²) in [6, 6.07) is 6.79. The zero-order valence-corrected chi connectivity index (χ0v) is 13.2. The molecule has 0 aliphatic heterocycles. The molecule has 0 saturated heterocycles. The molecule has 2 aromatic rings. The number of anilines is 1. The van der Waals surface area contributed by atoms with E-state index in [2.05, 4.69) is 0 Å². The number of rotatable bonds is 4. The molecule has 0 bridgehead atoms. The van der Waals surface area contributed by atoms with Crippen LogP contribution in [0, 0.1) is 0 Å². The standard InChI is InChI=1S/C14H9ClF3NO4S/c15-9-3-6-12(11(7-9)14(16,17)18)24(22,23)19-10-4-1-8(2-5-10)13(20)21/h1-7,19H,(H,20,21). The highest BCUT2D eigenvalue weighted by molar-refractivity contribution is 7.92. The molecular weight excluding hydrogens is 371 g/mol. The predicted molar refractivity (Wildman–Crippen MR) is 80.7 cm³/mol. The van der Waals surface area contributed by atoms with E-state index in [0.717, 1.165) is 36.4 Å². The van der Waals surface area contributed by atoms with Crippen LogP contribution in [-0.4, -0.2) is 19.5 Å². The monoisotopic (exact) mass is 379 g/mol. The number of sulfonamides is 1. The first-order valence-corrected chi connectivity index (χ1v) is 8.10. The van der Waals surface area contributed by atoms with Crippen molar-refractivity contribution in [1.29, 1.82) is 0 Å². The molecule has 0 saturated carbocycles. The van der Waals surface area contributed by atoms with Gasteiger partial charge in [0.25, 0.3) is 10.0 Å². The van der Waals surface area contributed by atoms with Crippen LogP contribution in [-0.2, 0) is 16.2 Å². The molecule has 128 valence electrons. The number of hydrogen-bond donors (Lipinski definition) is 2. The Morgan fingerprint density at radius 3 is 2.17 bits per heavy atom. The van der Waals surface area contributed by atoms with Gasteiger partial charge in [-0.2, -0.15) is 13.2 Å². The fraction of sp³-hybridized carbons (Fsp3) is 0.0714. The summed E-state index contributed by atoms with van der Waals surface area (Å²) in [6.07, 6.45) is -4.91. The van der Waals surface area contributed by atoms with Gasteiger partial charge in [0, 0.05) is 10.7 Å². The van der Waals surface area contributed by atoms with Crippen LogP contribution >= 0.6 is 11.6 Å². The lowest BCUT2D eigenvalue weighted by atomic mass is 10.2. The van der Waals surface area contributed by atoms with E-state index in [-0.39, 0.29) is 16.3 Å². The first-order chi connectivity index (χ1) is 11.0. The van der Waals surface area contributed by atoms with Crippen LogP contribution in [0.4, 0.5) is 18.9 Å². The highest BCUT2D eigenvalue weighted by Gasteiger charge is 2.37. The summed E-state index contributed by atoms with van der Waals surface area (Å²) >= 11 is 5.51. The normalized spacial score (nSPS) is 12.0. The lowest BCUT2D eigenvalue weighted by Gasteiger charge is -2.15. The molecule has 24 heavy (non-hydrogen) atoms. The SMILES string of the molecule is O=C(O)c1ccc(NS(=O)(=O)c2ccc(Cl)cc2C(F)(F)F)cc1. The fourth-order valence-electron chi connectivity index (χ4n) is 1.85. The smallest absolute Gasteiger partial charge is 0.417 e. The first-order valence-electron chi connectivity index (χ1n) is 6.23. The summed E-state index contributed by atoms with van der Waals surface area (Å²) in [5.74, 6) is -1.22. The highest BCUT2D eigenvalue weighted by Crippen LogP contribution is 2.36. The summed E-state index contributed by atoms with van der Waals surface area (Å²) in [4.78, 5) is 9.75. The Labute approximate surface area is 139 Å². The molecule has 2 rings (SSSR count). The van der Waals surface area contributed by atoms with Gasteiger partial charge >= 0.3 is 12.1 Å². The Morgan fingerprint density at radius 2 is 1.67 bits per heavy atom. The summed E-state index contributed by atoms with van der Waals surface area (Å²) in [5, 5.41) is 8.50. The molecule has 0 radical (unpaired) electrons. The van der Waals surface area contributed by atoms with Gasteiger partial charge in [-0.1, -0.05) is 11.6 Å². The lowest BCUT2D eigenvalue weighted by Crippen LogP contribution is -2.19. The van der Waals surface area contributed by atoms with E-state index in [1.807, 2.05) is 4.72 Å². The van der Waals surface area contributed by atoms with E-state index in [1.54, 1.807) is 0 Å². The molecule has 2 N–H and O–H groups in total. The second-order valence-corrected chi connectivity index (χ2v) is 6.71. The summed E-state index contributed by atoms with van der Waals surface area (Å²) in [7, 11) is -4.55. The maximum Gasteiger partial charge on any atom is 0.417 e. The minimum absolute atomic E-state index is 0.0805. The van der Waals surface area contributed by atoms with Crippen LogP contribution in [0.15, 0.2) is 47.4 Å². The molecule has 0 spiro atoms. The number of carboxylic acid groups (broad SMARTS) is 1. The largest absolute Gasteiger partial charge is 0.478 e. The third-order valence-electron chi connectivity index (χ3n) is 2.92. The number of alkyl halides is 3. The average Bonchev–Trinajstić information content (AvgIpc) is 2.46. The number of carbonyl (C=O) groups is 1. The molecule has 0 atom stereocenters. The number of carboxylic acids is 1. The molecule has 0 heterocycles. The molecule has 2 aromatic carbocycles. The molecule has 5 nitrogen and oxygen atoms in total. The molecule has 0 amide bonds. The van der Waals surface area contributed by atoms with E-state index in [9.17, 15) is 26.4 Å². The number of hydrogen-bond acceptors (Lipinski definition) is 3. The molecule has 0 aromatic heterocycles. The second kappa shape index (κ2) is 6.33. The summed E-state index contributed by atoms with van der Waals surface area (Å²) < 4.78 is 65.5. The number of benzene rings is 2. The van der Waals surface area contributed by atoms with Crippen molar-refractivity contribution in [2.75, 3.05) is 4.72 Å². The molecule has 0 aliphatic rings. The quantitative estimate of drug-likeness (QED) is 0.845. The van der Waals surface area contributed by atoms with Crippen molar-refractivity contribution in [3.8, 4) is 0 Å². The molecule has 10 heteroatoms. The van der Waals surface area contributed by atoms with E-state index in [1.165, 1.54) is 0 Å². The van der Waals surface area contributed by atoms with Crippen molar-refractivity contribution >= 4 is 33.3 Å². The van der Waals surface area contributed by atoms with Crippen molar-refractivity contribution < 1.29 is 31.5 Å². The number of aromatic carboxylic acids is 1. The van der Waals surface area contributed by atoms with Crippen LogP contribution in [0.3, 0.4) is 0 Å². The van der Waals surface area contributed by atoms with Crippen LogP contribution in [0.2, 0.25) is 5.02 Å². The van der Waals surface area contributed by atoms with Crippen LogP contribution in [0.1, 0.15) is 15.9 Å².